The summed E-state index contributed by atoms with van der Waals surface area (Å²) in [6, 6.07) is 9.79. The van der Waals surface area contributed by atoms with Gasteiger partial charge in [-0.2, -0.15) is 15.1 Å². The van der Waals surface area contributed by atoms with Gasteiger partial charge in [0.05, 0.1) is 18.2 Å². The summed E-state index contributed by atoms with van der Waals surface area (Å²) in [6.07, 6.45) is 1.73. The van der Waals surface area contributed by atoms with Crippen molar-refractivity contribution in [2.45, 2.75) is 0 Å². The highest BCUT2D eigenvalue weighted by atomic mass is 16.3. The lowest BCUT2D eigenvalue weighted by atomic mass is 10.3. The van der Waals surface area contributed by atoms with Gasteiger partial charge in [-0.3, -0.25) is 4.68 Å². The molecule has 0 aliphatic heterocycles. The van der Waals surface area contributed by atoms with Gasteiger partial charge in [0.2, 0.25) is 5.95 Å². The lowest BCUT2D eigenvalue weighted by Gasteiger charge is -2.09. The van der Waals surface area contributed by atoms with Crippen LogP contribution in [0.1, 0.15) is 0 Å². The molecule has 2 heterocycles. The third-order valence-electron chi connectivity index (χ3n) is 3.02. The van der Waals surface area contributed by atoms with E-state index < -0.39 is 0 Å². The fraction of sp³-hybridized carbons (Fsp3) is 0.214. The molecule has 1 aromatic carbocycles. The van der Waals surface area contributed by atoms with E-state index in [4.69, 9.17) is 5.11 Å². The Morgan fingerprint density at radius 1 is 1.19 bits per heavy atom. The van der Waals surface area contributed by atoms with E-state index in [9.17, 15) is 0 Å². The highest BCUT2D eigenvalue weighted by Crippen LogP contribution is 2.24. The minimum Gasteiger partial charge on any atom is -0.395 e. The first-order valence-electron chi connectivity index (χ1n) is 6.64. The molecule has 0 fully saturated rings. The molecule has 0 radical (unpaired) electrons. The van der Waals surface area contributed by atoms with Crippen molar-refractivity contribution in [1.82, 2.24) is 19.7 Å². The van der Waals surface area contributed by atoms with Crippen molar-refractivity contribution in [3.05, 3.63) is 36.5 Å². The Hall–Kier alpha value is -2.67. The first-order valence-corrected chi connectivity index (χ1v) is 6.64. The van der Waals surface area contributed by atoms with Crippen molar-refractivity contribution in [1.29, 1.82) is 0 Å². The average Bonchev–Trinajstić information content (AvgIpc) is 2.88. The molecule has 7 heteroatoms. The average molecular weight is 284 g/mol. The second kappa shape index (κ2) is 5.76. The summed E-state index contributed by atoms with van der Waals surface area (Å²) in [7, 11) is 1.83. The van der Waals surface area contributed by atoms with E-state index in [1.807, 2.05) is 37.4 Å². The topological polar surface area (TPSA) is 87.9 Å². The van der Waals surface area contributed by atoms with E-state index in [1.165, 1.54) is 0 Å². The first kappa shape index (κ1) is 13.3. The highest BCUT2D eigenvalue weighted by Gasteiger charge is 2.11. The van der Waals surface area contributed by atoms with Crippen molar-refractivity contribution in [2.75, 3.05) is 23.8 Å². The maximum absolute atomic E-state index is 8.91. The lowest BCUT2D eigenvalue weighted by Crippen LogP contribution is -2.10. The van der Waals surface area contributed by atoms with Crippen LogP contribution in [-0.4, -0.2) is 38.0 Å². The monoisotopic (exact) mass is 284 g/mol. The van der Waals surface area contributed by atoms with Crippen LogP contribution in [0.2, 0.25) is 0 Å². The van der Waals surface area contributed by atoms with Gasteiger partial charge in [-0.05, 0) is 12.1 Å². The molecular formula is C14H16N6O. The molecule has 3 rings (SSSR count). The van der Waals surface area contributed by atoms with Gasteiger partial charge in [-0.15, -0.1) is 0 Å². The molecule has 0 saturated carbocycles. The van der Waals surface area contributed by atoms with E-state index in [2.05, 4.69) is 25.7 Å². The summed E-state index contributed by atoms with van der Waals surface area (Å²) < 4.78 is 1.69. The molecule has 0 aliphatic carbocycles. The molecule has 0 spiro atoms. The Bertz CT molecular complexity index is 740. The summed E-state index contributed by atoms with van der Waals surface area (Å²) in [5.74, 6) is 1.14. The Morgan fingerprint density at radius 3 is 2.76 bits per heavy atom. The zero-order valence-electron chi connectivity index (χ0n) is 11.6. The van der Waals surface area contributed by atoms with Crippen LogP contribution in [0.4, 0.5) is 17.5 Å². The molecule has 3 aromatic rings. The largest absolute Gasteiger partial charge is 0.395 e. The smallest absolute Gasteiger partial charge is 0.226 e. The summed E-state index contributed by atoms with van der Waals surface area (Å²) in [6.45, 7) is 0.419. The number of aryl methyl sites for hydroxylation is 1. The zero-order valence-corrected chi connectivity index (χ0v) is 11.6. The Balaban J connectivity index is 2.02. The van der Waals surface area contributed by atoms with Crippen LogP contribution in [-0.2, 0) is 7.05 Å². The SMILES string of the molecule is Cn1ncc2c(Nc3ccccc3)nc(NCCO)nc21. The summed E-state index contributed by atoms with van der Waals surface area (Å²) in [5.41, 5.74) is 1.67. The molecule has 2 aromatic heterocycles. The second-order valence-corrected chi connectivity index (χ2v) is 4.54. The number of para-hydroxylation sites is 1. The number of aliphatic hydroxyl groups excluding tert-OH is 1. The van der Waals surface area contributed by atoms with Crippen molar-refractivity contribution in [3.63, 3.8) is 0 Å². The number of benzene rings is 1. The molecule has 0 bridgehead atoms. The zero-order chi connectivity index (χ0) is 14.7. The molecule has 0 unspecified atom stereocenters. The summed E-state index contributed by atoms with van der Waals surface area (Å²) in [4.78, 5) is 8.85. The molecule has 0 atom stereocenters. The fourth-order valence-electron chi connectivity index (χ4n) is 2.02. The molecular weight excluding hydrogens is 268 g/mol. The fourth-order valence-corrected chi connectivity index (χ4v) is 2.02. The van der Waals surface area contributed by atoms with Gasteiger partial charge in [-0.1, -0.05) is 18.2 Å². The van der Waals surface area contributed by atoms with Gasteiger partial charge >= 0.3 is 0 Å². The van der Waals surface area contributed by atoms with E-state index in [1.54, 1.807) is 10.9 Å². The molecule has 0 amide bonds. The van der Waals surface area contributed by atoms with Crippen LogP contribution in [0.3, 0.4) is 0 Å². The molecule has 21 heavy (non-hydrogen) atoms. The maximum atomic E-state index is 8.91. The van der Waals surface area contributed by atoms with Crippen LogP contribution >= 0.6 is 0 Å². The van der Waals surface area contributed by atoms with Gasteiger partial charge in [0, 0.05) is 19.3 Å². The number of fused-ring (bicyclic) bond motifs is 1. The molecule has 7 nitrogen and oxygen atoms in total. The van der Waals surface area contributed by atoms with Crippen LogP contribution in [0, 0.1) is 0 Å². The maximum Gasteiger partial charge on any atom is 0.226 e. The third-order valence-corrected chi connectivity index (χ3v) is 3.02. The lowest BCUT2D eigenvalue weighted by molar-refractivity contribution is 0.311. The van der Waals surface area contributed by atoms with Crippen molar-refractivity contribution in [2.24, 2.45) is 7.05 Å². The second-order valence-electron chi connectivity index (χ2n) is 4.54. The van der Waals surface area contributed by atoms with Gasteiger partial charge in [0.25, 0.3) is 0 Å². The van der Waals surface area contributed by atoms with Crippen LogP contribution in [0.5, 0.6) is 0 Å². The first-order chi connectivity index (χ1) is 10.3. The number of aromatic nitrogens is 4. The number of aliphatic hydroxyl groups is 1. The predicted octanol–water partition coefficient (Wildman–Crippen LogP) is 1.51. The molecule has 0 aliphatic rings. The molecule has 0 saturated heterocycles. The standard InChI is InChI=1S/C14H16N6O/c1-20-13-11(9-16-20)12(17-10-5-3-2-4-6-10)18-14(19-13)15-7-8-21/h2-6,9,21H,7-8H2,1H3,(H2,15,17,18,19). The summed E-state index contributed by atoms with van der Waals surface area (Å²) in [5, 5.41) is 20.2. The number of nitrogens with zero attached hydrogens (tertiary/aromatic N) is 4. The third kappa shape index (κ3) is 2.77. The van der Waals surface area contributed by atoms with Crippen molar-refractivity contribution in [3.8, 4) is 0 Å². The number of nitrogens with one attached hydrogen (secondary N) is 2. The molecule has 3 N–H and O–H groups in total. The quantitative estimate of drug-likeness (QED) is 0.658. The van der Waals surface area contributed by atoms with Gasteiger partial charge < -0.3 is 15.7 Å². The van der Waals surface area contributed by atoms with Crippen LogP contribution in [0.25, 0.3) is 11.0 Å². The Kier molecular flexibility index (Phi) is 3.65. The predicted molar refractivity (Wildman–Crippen MR) is 81.6 cm³/mol. The molecule has 108 valence electrons. The number of hydrogen-bond donors (Lipinski definition) is 3. The van der Waals surface area contributed by atoms with E-state index in [0.717, 1.165) is 16.7 Å². The van der Waals surface area contributed by atoms with Crippen LogP contribution < -0.4 is 10.6 Å². The van der Waals surface area contributed by atoms with Crippen molar-refractivity contribution >= 4 is 28.5 Å². The highest BCUT2D eigenvalue weighted by molar-refractivity contribution is 5.89. The van der Waals surface area contributed by atoms with E-state index in [-0.39, 0.29) is 6.61 Å². The number of hydrogen-bond acceptors (Lipinski definition) is 6. The van der Waals surface area contributed by atoms with E-state index in [0.29, 0.717) is 18.3 Å². The minimum absolute atomic E-state index is 0.0221. The minimum atomic E-state index is 0.0221. The summed E-state index contributed by atoms with van der Waals surface area (Å²) >= 11 is 0. The van der Waals surface area contributed by atoms with Crippen LogP contribution in [0.15, 0.2) is 36.5 Å². The van der Waals surface area contributed by atoms with Crippen molar-refractivity contribution < 1.29 is 5.11 Å². The van der Waals surface area contributed by atoms with E-state index >= 15 is 0 Å². The Morgan fingerprint density at radius 2 is 2.00 bits per heavy atom. The van der Waals surface area contributed by atoms with Gasteiger partial charge in [0.1, 0.15) is 5.82 Å². The van der Waals surface area contributed by atoms with Gasteiger partial charge in [0.15, 0.2) is 5.65 Å². The van der Waals surface area contributed by atoms with Gasteiger partial charge in [-0.25, -0.2) is 0 Å². The Labute approximate surface area is 121 Å². The normalized spacial score (nSPS) is 10.8. The number of anilines is 3. The number of rotatable bonds is 5.